The van der Waals surface area contributed by atoms with Gasteiger partial charge in [-0.25, -0.2) is 0 Å². The van der Waals surface area contributed by atoms with Gasteiger partial charge in [-0.15, -0.1) is 0 Å². The number of aldehydes is 1. The third-order valence-corrected chi connectivity index (χ3v) is 2.81. The lowest BCUT2D eigenvalue weighted by molar-refractivity contribution is -0.121. The van der Waals surface area contributed by atoms with E-state index in [1.165, 1.54) is 0 Å². The first-order valence-electron chi connectivity index (χ1n) is 5.92. The molecule has 0 unspecified atom stereocenters. The smallest absolute Gasteiger partial charge is 0.239 e. The predicted octanol–water partition coefficient (Wildman–Crippen LogP) is 1.48. The van der Waals surface area contributed by atoms with Crippen molar-refractivity contribution in [2.45, 2.75) is 13.0 Å². The molecule has 1 aromatic carbocycles. The minimum atomic E-state index is -0.149. The van der Waals surface area contributed by atoms with Gasteiger partial charge in [-0.3, -0.25) is 9.59 Å². The molecule has 0 saturated heterocycles. The molecule has 0 aliphatic heterocycles. The molecule has 0 aliphatic carbocycles. The zero-order valence-corrected chi connectivity index (χ0v) is 10.3. The Labute approximate surface area is 110 Å². The van der Waals surface area contributed by atoms with Crippen LogP contribution in [0.2, 0.25) is 0 Å². The first-order chi connectivity index (χ1) is 9.24. The molecule has 0 fully saturated rings. The molecule has 1 amide bonds. The molecule has 2 aromatic rings. The Bertz CT molecular complexity index is 652. The summed E-state index contributed by atoms with van der Waals surface area (Å²) in [5.74, 6) is -0.149. The number of amides is 1. The molecule has 1 heterocycles. The van der Waals surface area contributed by atoms with Gasteiger partial charge in [-0.05, 0) is 17.5 Å². The van der Waals surface area contributed by atoms with E-state index in [2.05, 4.69) is 5.32 Å². The van der Waals surface area contributed by atoms with Crippen molar-refractivity contribution in [3.63, 3.8) is 0 Å². The van der Waals surface area contributed by atoms with Crippen molar-refractivity contribution in [2.75, 3.05) is 6.54 Å². The van der Waals surface area contributed by atoms with E-state index in [-0.39, 0.29) is 12.5 Å². The number of hydrogen-bond donors (Lipinski definition) is 1. The van der Waals surface area contributed by atoms with Crippen LogP contribution in [0.3, 0.4) is 0 Å². The van der Waals surface area contributed by atoms with Crippen LogP contribution in [0, 0.1) is 11.3 Å². The molecule has 0 radical (unpaired) electrons. The highest BCUT2D eigenvalue weighted by molar-refractivity contribution is 5.88. The fourth-order valence-corrected chi connectivity index (χ4v) is 1.88. The number of carbonyl (C=O) groups excluding carboxylic acids is 2. The second-order valence-corrected chi connectivity index (χ2v) is 4.14. The molecule has 96 valence electrons. The number of nitrogens with zero attached hydrogens (tertiary/aromatic N) is 2. The molecule has 0 aliphatic rings. The van der Waals surface area contributed by atoms with E-state index in [1.807, 2.05) is 24.4 Å². The largest absolute Gasteiger partial charge is 0.354 e. The van der Waals surface area contributed by atoms with Crippen LogP contribution < -0.4 is 5.32 Å². The summed E-state index contributed by atoms with van der Waals surface area (Å²) in [7, 11) is 0. The van der Waals surface area contributed by atoms with Crippen LogP contribution in [0.15, 0.2) is 30.5 Å². The van der Waals surface area contributed by atoms with Gasteiger partial charge in [0, 0.05) is 23.8 Å². The Morgan fingerprint density at radius 2 is 2.26 bits per heavy atom. The van der Waals surface area contributed by atoms with Crippen molar-refractivity contribution in [3.05, 3.63) is 36.0 Å². The highest BCUT2D eigenvalue weighted by Crippen LogP contribution is 2.16. The van der Waals surface area contributed by atoms with Crippen molar-refractivity contribution in [1.82, 2.24) is 9.88 Å². The Hall–Kier alpha value is -2.61. The second kappa shape index (κ2) is 5.83. The summed E-state index contributed by atoms with van der Waals surface area (Å²) in [5.41, 5.74) is 1.43. The third-order valence-electron chi connectivity index (χ3n) is 2.81. The maximum atomic E-state index is 11.7. The molecule has 1 aromatic heterocycles. The summed E-state index contributed by atoms with van der Waals surface area (Å²) in [6.07, 6.45) is 2.89. The number of nitriles is 1. The summed E-state index contributed by atoms with van der Waals surface area (Å²) < 4.78 is 1.78. The SMILES string of the molecule is N#CCCNC(=O)Cn1ccc2ccc(C=O)cc21. The summed E-state index contributed by atoms with van der Waals surface area (Å²) >= 11 is 0. The number of benzene rings is 1. The number of rotatable bonds is 5. The lowest BCUT2D eigenvalue weighted by atomic mass is 10.2. The standard InChI is InChI=1S/C14H13N3O2/c15-5-1-6-16-14(19)9-17-7-4-12-3-2-11(10-18)8-13(12)17/h2-4,7-8,10H,1,6,9H2,(H,16,19). The highest BCUT2D eigenvalue weighted by Gasteiger charge is 2.06. The number of fused-ring (bicyclic) bond motifs is 1. The van der Waals surface area contributed by atoms with E-state index in [0.29, 0.717) is 18.5 Å². The van der Waals surface area contributed by atoms with Crippen molar-refractivity contribution < 1.29 is 9.59 Å². The van der Waals surface area contributed by atoms with Gasteiger partial charge in [0.05, 0.1) is 12.5 Å². The predicted molar refractivity (Wildman–Crippen MR) is 70.6 cm³/mol. The topological polar surface area (TPSA) is 74.9 Å². The van der Waals surface area contributed by atoms with Crippen LogP contribution in [0.1, 0.15) is 16.8 Å². The zero-order chi connectivity index (χ0) is 13.7. The van der Waals surface area contributed by atoms with E-state index in [9.17, 15) is 9.59 Å². The Balaban J connectivity index is 2.14. The molecule has 0 atom stereocenters. The van der Waals surface area contributed by atoms with E-state index in [1.54, 1.807) is 16.7 Å². The van der Waals surface area contributed by atoms with E-state index in [0.717, 1.165) is 17.2 Å². The van der Waals surface area contributed by atoms with Crippen LogP contribution in [0.5, 0.6) is 0 Å². The van der Waals surface area contributed by atoms with Gasteiger partial charge >= 0.3 is 0 Å². The van der Waals surface area contributed by atoms with Crippen LogP contribution in [0.4, 0.5) is 0 Å². The molecule has 5 heteroatoms. The Morgan fingerprint density at radius 1 is 1.42 bits per heavy atom. The molecule has 0 saturated carbocycles. The fourth-order valence-electron chi connectivity index (χ4n) is 1.88. The highest BCUT2D eigenvalue weighted by atomic mass is 16.1. The lowest BCUT2D eigenvalue weighted by Crippen LogP contribution is -2.27. The summed E-state index contributed by atoms with van der Waals surface area (Å²) in [6, 6.07) is 9.21. The molecule has 0 bridgehead atoms. The number of nitrogens with one attached hydrogen (secondary N) is 1. The minimum absolute atomic E-state index is 0.149. The van der Waals surface area contributed by atoms with Crippen LogP contribution in [0.25, 0.3) is 10.9 Å². The van der Waals surface area contributed by atoms with Crippen LogP contribution >= 0.6 is 0 Å². The second-order valence-electron chi connectivity index (χ2n) is 4.14. The van der Waals surface area contributed by atoms with Crippen LogP contribution in [-0.4, -0.2) is 23.3 Å². The van der Waals surface area contributed by atoms with Crippen LogP contribution in [-0.2, 0) is 11.3 Å². The summed E-state index contributed by atoms with van der Waals surface area (Å²) in [4.78, 5) is 22.4. The van der Waals surface area contributed by atoms with Crippen molar-refractivity contribution in [3.8, 4) is 6.07 Å². The quantitative estimate of drug-likeness (QED) is 0.649. The minimum Gasteiger partial charge on any atom is -0.354 e. The molecule has 5 nitrogen and oxygen atoms in total. The summed E-state index contributed by atoms with van der Waals surface area (Å²) in [5, 5.41) is 12.0. The third kappa shape index (κ3) is 2.99. The fraction of sp³-hybridized carbons (Fsp3) is 0.214. The molecular formula is C14H13N3O2. The van der Waals surface area contributed by atoms with Crippen molar-refractivity contribution in [2.24, 2.45) is 0 Å². The zero-order valence-electron chi connectivity index (χ0n) is 10.3. The Morgan fingerprint density at radius 3 is 3.00 bits per heavy atom. The maximum absolute atomic E-state index is 11.7. The molecule has 19 heavy (non-hydrogen) atoms. The monoisotopic (exact) mass is 255 g/mol. The molecule has 1 N–H and O–H groups in total. The van der Waals surface area contributed by atoms with Gasteiger partial charge in [0.2, 0.25) is 5.91 Å². The number of aromatic nitrogens is 1. The average Bonchev–Trinajstić information content (AvgIpc) is 2.81. The van der Waals surface area contributed by atoms with Crippen molar-refractivity contribution >= 4 is 23.1 Å². The van der Waals surface area contributed by atoms with E-state index >= 15 is 0 Å². The molecule has 0 spiro atoms. The maximum Gasteiger partial charge on any atom is 0.239 e. The van der Waals surface area contributed by atoms with E-state index < -0.39 is 0 Å². The molecule has 2 rings (SSSR count). The average molecular weight is 255 g/mol. The lowest BCUT2D eigenvalue weighted by Gasteiger charge is -2.06. The normalized spacial score (nSPS) is 10.1. The van der Waals surface area contributed by atoms with Crippen molar-refractivity contribution in [1.29, 1.82) is 5.26 Å². The van der Waals surface area contributed by atoms with E-state index in [4.69, 9.17) is 5.26 Å². The van der Waals surface area contributed by atoms with Gasteiger partial charge in [-0.1, -0.05) is 12.1 Å². The van der Waals surface area contributed by atoms with Gasteiger partial charge in [0.25, 0.3) is 0 Å². The Kier molecular flexibility index (Phi) is 3.94. The summed E-state index contributed by atoms with van der Waals surface area (Å²) in [6.45, 7) is 0.533. The first kappa shape index (κ1) is 12.8. The molecular weight excluding hydrogens is 242 g/mol. The van der Waals surface area contributed by atoms with Gasteiger partial charge in [0.15, 0.2) is 0 Å². The first-order valence-corrected chi connectivity index (χ1v) is 5.92. The number of hydrogen-bond acceptors (Lipinski definition) is 3. The van der Waals surface area contributed by atoms with Gasteiger partial charge in [0.1, 0.15) is 12.8 Å². The van der Waals surface area contributed by atoms with Gasteiger partial charge < -0.3 is 9.88 Å². The van der Waals surface area contributed by atoms with Gasteiger partial charge in [-0.2, -0.15) is 5.26 Å². The number of carbonyl (C=O) groups is 2.